The molecule has 134 valence electrons. The number of thioether (sulfide) groups is 1. The lowest BCUT2D eigenvalue weighted by atomic mass is 10.1. The quantitative estimate of drug-likeness (QED) is 0.512. The molecule has 7 nitrogen and oxygen atoms in total. The minimum Gasteiger partial charge on any atom is -0.351 e. The number of amides is 1. The van der Waals surface area contributed by atoms with Gasteiger partial charge in [0.15, 0.2) is 5.16 Å². The number of carbonyl (C=O) groups is 1. The summed E-state index contributed by atoms with van der Waals surface area (Å²) in [5, 5.41) is 2.99. The third-order valence-corrected chi connectivity index (χ3v) is 4.72. The Morgan fingerprint density at radius 3 is 2.92 bits per heavy atom. The molecule has 0 spiro atoms. The number of aryl methyl sites for hydroxylation is 1. The van der Waals surface area contributed by atoms with E-state index in [4.69, 9.17) is 0 Å². The Hall–Kier alpha value is -2.87. The van der Waals surface area contributed by atoms with Gasteiger partial charge in [0.1, 0.15) is 0 Å². The van der Waals surface area contributed by atoms with Crippen LogP contribution in [0.4, 0.5) is 0 Å². The molecule has 0 saturated heterocycles. The Morgan fingerprint density at radius 1 is 1.38 bits per heavy atom. The first-order valence-corrected chi connectivity index (χ1v) is 8.99. The molecule has 2 N–H and O–H groups in total. The van der Waals surface area contributed by atoms with Crippen LogP contribution >= 0.6 is 11.8 Å². The van der Waals surface area contributed by atoms with Gasteiger partial charge < -0.3 is 14.9 Å². The fraction of sp³-hybridized carbons (Fsp3) is 0.222. The molecule has 3 rings (SSSR count). The van der Waals surface area contributed by atoms with Crippen LogP contribution in [0.25, 0.3) is 5.69 Å². The monoisotopic (exact) mass is 369 g/mol. The summed E-state index contributed by atoms with van der Waals surface area (Å²) in [4.78, 5) is 34.9. The highest BCUT2D eigenvalue weighted by Gasteiger charge is 2.16. The van der Waals surface area contributed by atoms with Gasteiger partial charge in [0.2, 0.25) is 5.91 Å². The van der Waals surface area contributed by atoms with Gasteiger partial charge in [-0.2, -0.15) is 0 Å². The zero-order chi connectivity index (χ0) is 18.5. The van der Waals surface area contributed by atoms with Crippen LogP contribution in [-0.2, 0) is 11.3 Å². The van der Waals surface area contributed by atoms with Gasteiger partial charge in [-0.05, 0) is 25.5 Å². The highest BCUT2D eigenvalue weighted by molar-refractivity contribution is 8.00. The number of para-hydroxylation sites is 1. The molecule has 2 heterocycles. The van der Waals surface area contributed by atoms with Crippen molar-refractivity contribution in [2.24, 2.45) is 0 Å². The maximum absolute atomic E-state index is 12.4. The van der Waals surface area contributed by atoms with Crippen LogP contribution in [-0.4, -0.2) is 30.7 Å². The van der Waals surface area contributed by atoms with E-state index in [1.807, 2.05) is 35.0 Å². The number of benzene rings is 1. The number of aromatic amines is 1. The summed E-state index contributed by atoms with van der Waals surface area (Å²) in [5.41, 5.74) is 2.36. The summed E-state index contributed by atoms with van der Waals surface area (Å²) in [5.74, 6) is -0.125. The second-order valence-corrected chi connectivity index (χ2v) is 7.10. The Bertz CT molecular complexity index is 952. The average molecular weight is 369 g/mol. The molecule has 2 aromatic heterocycles. The molecule has 8 heteroatoms. The Morgan fingerprint density at radius 2 is 2.19 bits per heavy atom. The van der Waals surface area contributed by atoms with Gasteiger partial charge >= 0.3 is 0 Å². The molecule has 0 aliphatic rings. The third-order valence-electron chi connectivity index (χ3n) is 3.73. The van der Waals surface area contributed by atoms with Gasteiger partial charge in [0.05, 0.1) is 17.3 Å². The second-order valence-electron chi connectivity index (χ2n) is 5.77. The van der Waals surface area contributed by atoms with E-state index >= 15 is 0 Å². The molecule has 0 aliphatic heterocycles. The fourth-order valence-corrected chi connectivity index (χ4v) is 3.35. The first-order valence-electron chi connectivity index (χ1n) is 8.11. The molecule has 0 radical (unpaired) electrons. The van der Waals surface area contributed by atoms with Gasteiger partial charge in [-0.3, -0.25) is 9.59 Å². The van der Waals surface area contributed by atoms with Crippen molar-refractivity contribution in [2.75, 3.05) is 0 Å². The first kappa shape index (κ1) is 17.9. The van der Waals surface area contributed by atoms with Gasteiger partial charge in [0, 0.05) is 30.7 Å². The predicted octanol–water partition coefficient (Wildman–Crippen LogP) is 2.06. The maximum atomic E-state index is 12.4. The predicted molar refractivity (Wildman–Crippen MR) is 100 cm³/mol. The van der Waals surface area contributed by atoms with E-state index in [9.17, 15) is 9.59 Å². The number of nitrogens with one attached hydrogen (secondary N) is 2. The lowest BCUT2D eigenvalue weighted by Crippen LogP contribution is -2.31. The van der Waals surface area contributed by atoms with E-state index in [1.165, 1.54) is 17.8 Å². The van der Waals surface area contributed by atoms with Gasteiger partial charge in [-0.1, -0.05) is 30.0 Å². The van der Waals surface area contributed by atoms with Crippen LogP contribution in [0.3, 0.4) is 0 Å². The second kappa shape index (κ2) is 8.01. The Labute approximate surface area is 154 Å². The summed E-state index contributed by atoms with van der Waals surface area (Å²) in [6.45, 7) is 3.93. The van der Waals surface area contributed by atoms with Gasteiger partial charge in [-0.25, -0.2) is 9.97 Å². The fourth-order valence-electron chi connectivity index (χ4n) is 2.47. The SMILES string of the molecule is Cc1cc(=O)[nH]c(SC(C)C(=O)NCc2ccccc2-n2ccnc2)n1. The minimum absolute atomic E-state index is 0.125. The molecule has 1 atom stereocenters. The molecule has 0 saturated carbocycles. The van der Waals surface area contributed by atoms with Crippen molar-refractivity contribution in [1.82, 2.24) is 24.8 Å². The van der Waals surface area contributed by atoms with Crippen LogP contribution in [0.2, 0.25) is 0 Å². The number of nitrogens with zero attached hydrogens (tertiary/aromatic N) is 3. The zero-order valence-corrected chi connectivity index (χ0v) is 15.3. The third kappa shape index (κ3) is 4.40. The topological polar surface area (TPSA) is 92.7 Å². The number of hydrogen-bond donors (Lipinski definition) is 2. The Kier molecular flexibility index (Phi) is 5.52. The van der Waals surface area contributed by atoms with E-state index in [0.717, 1.165) is 11.3 Å². The standard InChI is InChI=1S/C18H19N5O2S/c1-12-9-16(24)22-18(21-12)26-13(2)17(25)20-10-14-5-3-4-6-15(14)23-8-7-19-11-23/h3-9,11,13H,10H2,1-2H3,(H,20,25)(H,21,22,24). The average Bonchev–Trinajstić information content (AvgIpc) is 3.13. The summed E-state index contributed by atoms with van der Waals surface area (Å²) < 4.78 is 1.90. The molecule has 0 fully saturated rings. The lowest BCUT2D eigenvalue weighted by molar-refractivity contribution is -0.120. The highest BCUT2D eigenvalue weighted by atomic mass is 32.2. The molecule has 26 heavy (non-hydrogen) atoms. The van der Waals surface area contributed by atoms with E-state index < -0.39 is 0 Å². The minimum atomic E-state index is -0.389. The summed E-state index contributed by atoms with van der Waals surface area (Å²) in [7, 11) is 0. The van der Waals surface area contributed by atoms with Crippen molar-refractivity contribution in [2.45, 2.75) is 30.8 Å². The lowest BCUT2D eigenvalue weighted by Gasteiger charge is -2.14. The zero-order valence-electron chi connectivity index (χ0n) is 14.5. The number of imidazole rings is 1. The number of aromatic nitrogens is 4. The number of H-pyrrole nitrogens is 1. The van der Waals surface area contributed by atoms with E-state index in [2.05, 4.69) is 20.3 Å². The van der Waals surface area contributed by atoms with Crippen molar-refractivity contribution in [3.63, 3.8) is 0 Å². The van der Waals surface area contributed by atoms with Crippen molar-refractivity contribution in [3.05, 3.63) is 70.7 Å². The van der Waals surface area contributed by atoms with Crippen LogP contribution in [0.5, 0.6) is 0 Å². The van der Waals surface area contributed by atoms with Crippen molar-refractivity contribution < 1.29 is 4.79 Å². The molecule has 1 unspecified atom stereocenters. The number of carbonyl (C=O) groups excluding carboxylic acids is 1. The molecular formula is C18H19N5O2S. The van der Waals surface area contributed by atoms with Crippen LogP contribution in [0.15, 0.2) is 59.0 Å². The van der Waals surface area contributed by atoms with Gasteiger partial charge in [0.25, 0.3) is 5.56 Å². The number of hydrogen-bond acceptors (Lipinski definition) is 5. The molecule has 0 aliphatic carbocycles. The van der Waals surface area contributed by atoms with E-state index in [-0.39, 0.29) is 16.7 Å². The smallest absolute Gasteiger partial charge is 0.251 e. The van der Waals surface area contributed by atoms with E-state index in [0.29, 0.717) is 17.4 Å². The molecule has 1 aromatic carbocycles. The Balaban J connectivity index is 1.65. The largest absolute Gasteiger partial charge is 0.351 e. The van der Waals surface area contributed by atoms with Crippen molar-refractivity contribution in [1.29, 1.82) is 0 Å². The van der Waals surface area contributed by atoms with Crippen molar-refractivity contribution >= 4 is 17.7 Å². The summed E-state index contributed by atoms with van der Waals surface area (Å²) in [6, 6.07) is 9.23. The molecular weight excluding hydrogens is 350 g/mol. The van der Waals surface area contributed by atoms with Crippen LogP contribution in [0.1, 0.15) is 18.2 Å². The maximum Gasteiger partial charge on any atom is 0.251 e. The first-order chi connectivity index (χ1) is 12.5. The van der Waals surface area contributed by atoms with Crippen molar-refractivity contribution in [3.8, 4) is 5.69 Å². The molecule has 3 aromatic rings. The normalized spacial score (nSPS) is 11.9. The highest BCUT2D eigenvalue weighted by Crippen LogP contribution is 2.19. The molecule has 0 bridgehead atoms. The van der Waals surface area contributed by atoms with E-state index in [1.54, 1.807) is 26.4 Å². The summed E-state index contributed by atoms with van der Waals surface area (Å²) in [6.07, 6.45) is 5.29. The molecule has 1 amide bonds. The van der Waals surface area contributed by atoms with Crippen LogP contribution < -0.4 is 10.9 Å². The summed E-state index contributed by atoms with van der Waals surface area (Å²) >= 11 is 1.22. The number of rotatable bonds is 6. The van der Waals surface area contributed by atoms with Crippen LogP contribution in [0, 0.1) is 6.92 Å². The van der Waals surface area contributed by atoms with Gasteiger partial charge in [-0.15, -0.1) is 0 Å².